The fourth-order valence-electron chi connectivity index (χ4n) is 2.96. The molecule has 5 nitrogen and oxygen atoms in total. The van der Waals surface area contributed by atoms with Crippen molar-refractivity contribution in [1.82, 2.24) is 5.32 Å². The maximum Gasteiger partial charge on any atom is 0.323 e. The molecule has 0 fully saturated rings. The summed E-state index contributed by atoms with van der Waals surface area (Å²) in [7, 11) is 2.99. The van der Waals surface area contributed by atoms with Crippen molar-refractivity contribution < 1.29 is 19.0 Å². The Morgan fingerprint density at radius 3 is 2.84 bits per heavy atom. The summed E-state index contributed by atoms with van der Waals surface area (Å²) in [5.41, 5.74) is 3.02. The molecule has 0 amide bonds. The molecule has 1 aliphatic rings. The molecule has 1 aliphatic heterocycles. The molecule has 0 aromatic heterocycles. The molecular formula is C19H20ClNO4. The molecule has 1 atom stereocenters. The lowest BCUT2D eigenvalue weighted by Crippen LogP contribution is -2.42. The van der Waals surface area contributed by atoms with Gasteiger partial charge in [0.2, 0.25) is 0 Å². The maximum absolute atomic E-state index is 11.9. The second-order valence-corrected chi connectivity index (χ2v) is 6.25. The Hall–Kier alpha value is -2.24. The van der Waals surface area contributed by atoms with Gasteiger partial charge in [-0.2, -0.15) is 0 Å². The van der Waals surface area contributed by atoms with Gasteiger partial charge in [-0.1, -0.05) is 29.8 Å². The van der Waals surface area contributed by atoms with Gasteiger partial charge in [-0.05, 0) is 29.3 Å². The number of carbonyl (C=O) groups is 1. The van der Waals surface area contributed by atoms with Gasteiger partial charge in [-0.25, -0.2) is 0 Å². The van der Waals surface area contributed by atoms with Crippen LogP contribution in [0.4, 0.5) is 0 Å². The van der Waals surface area contributed by atoms with Crippen LogP contribution in [0.25, 0.3) is 0 Å². The van der Waals surface area contributed by atoms with Gasteiger partial charge < -0.3 is 19.5 Å². The molecule has 0 saturated heterocycles. The van der Waals surface area contributed by atoms with Crippen LogP contribution in [0.1, 0.15) is 16.7 Å². The number of benzene rings is 2. The third-order valence-corrected chi connectivity index (χ3v) is 4.48. The third-order valence-electron chi connectivity index (χ3n) is 4.25. The standard InChI is InChI=1S/C19H20ClNO4/c1-23-17-7-6-13-10-21-16(19(22)24-2)9-15(13)18(17)25-11-12-4-3-5-14(20)8-12/h3-8,16,21H,9-11H2,1-2H3/t16-/m0/s1. The minimum absolute atomic E-state index is 0.283. The van der Waals surface area contributed by atoms with Gasteiger partial charge in [0, 0.05) is 23.6 Å². The molecular weight excluding hydrogens is 342 g/mol. The summed E-state index contributed by atoms with van der Waals surface area (Å²) < 4.78 is 16.4. The summed E-state index contributed by atoms with van der Waals surface area (Å²) >= 11 is 6.03. The van der Waals surface area contributed by atoms with Crippen LogP contribution in [0, 0.1) is 0 Å². The van der Waals surface area contributed by atoms with Crippen LogP contribution < -0.4 is 14.8 Å². The first kappa shape index (κ1) is 17.6. The molecule has 132 valence electrons. The van der Waals surface area contributed by atoms with Crippen molar-refractivity contribution in [3.8, 4) is 11.5 Å². The number of hydrogen-bond acceptors (Lipinski definition) is 5. The highest BCUT2D eigenvalue weighted by molar-refractivity contribution is 6.30. The summed E-state index contributed by atoms with van der Waals surface area (Å²) in [5, 5.41) is 3.85. The van der Waals surface area contributed by atoms with Gasteiger partial charge in [0.15, 0.2) is 11.5 Å². The van der Waals surface area contributed by atoms with Crippen LogP contribution in [-0.4, -0.2) is 26.2 Å². The largest absolute Gasteiger partial charge is 0.493 e. The van der Waals surface area contributed by atoms with Crippen molar-refractivity contribution in [2.24, 2.45) is 0 Å². The van der Waals surface area contributed by atoms with Crippen molar-refractivity contribution in [3.05, 3.63) is 58.1 Å². The van der Waals surface area contributed by atoms with E-state index in [1.54, 1.807) is 7.11 Å². The van der Waals surface area contributed by atoms with E-state index in [1.807, 2.05) is 36.4 Å². The van der Waals surface area contributed by atoms with E-state index in [-0.39, 0.29) is 5.97 Å². The highest BCUT2D eigenvalue weighted by atomic mass is 35.5. The lowest BCUT2D eigenvalue weighted by atomic mass is 9.94. The number of methoxy groups -OCH3 is 2. The molecule has 1 heterocycles. The van der Waals surface area contributed by atoms with Crippen molar-refractivity contribution >= 4 is 17.6 Å². The number of fused-ring (bicyclic) bond motifs is 1. The molecule has 2 aromatic carbocycles. The second-order valence-electron chi connectivity index (χ2n) is 5.81. The Bertz CT molecular complexity index is 778. The molecule has 0 saturated carbocycles. The summed E-state index contributed by atoms with van der Waals surface area (Å²) in [5.74, 6) is 1.02. The number of hydrogen-bond donors (Lipinski definition) is 1. The molecule has 0 unspecified atom stereocenters. The summed E-state index contributed by atoms with van der Waals surface area (Å²) in [6.45, 7) is 0.941. The van der Waals surface area contributed by atoms with E-state index >= 15 is 0 Å². The molecule has 3 rings (SSSR count). The van der Waals surface area contributed by atoms with Crippen LogP contribution in [0.2, 0.25) is 5.02 Å². The van der Waals surface area contributed by atoms with Gasteiger partial charge >= 0.3 is 5.97 Å². The first-order chi connectivity index (χ1) is 12.1. The quantitative estimate of drug-likeness (QED) is 0.829. The lowest BCUT2D eigenvalue weighted by molar-refractivity contribution is -0.143. The molecule has 2 aromatic rings. The van der Waals surface area contributed by atoms with E-state index in [1.165, 1.54) is 7.11 Å². The van der Waals surface area contributed by atoms with Gasteiger partial charge in [0.1, 0.15) is 12.6 Å². The summed E-state index contributed by atoms with van der Waals surface area (Å²) in [6.07, 6.45) is 0.490. The van der Waals surface area contributed by atoms with Crippen LogP contribution in [0.15, 0.2) is 36.4 Å². The van der Waals surface area contributed by atoms with Gasteiger partial charge in [-0.15, -0.1) is 0 Å². The minimum atomic E-state index is -0.391. The number of halogens is 1. The number of nitrogens with one attached hydrogen (secondary N) is 1. The van der Waals surface area contributed by atoms with E-state index in [4.69, 9.17) is 25.8 Å². The van der Waals surface area contributed by atoms with Gasteiger partial charge in [-0.3, -0.25) is 4.79 Å². The normalized spacial score (nSPS) is 16.0. The van der Waals surface area contributed by atoms with Crippen LogP contribution in [0.3, 0.4) is 0 Å². The number of esters is 1. The van der Waals surface area contributed by atoms with Crippen molar-refractivity contribution in [3.63, 3.8) is 0 Å². The van der Waals surface area contributed by atoms with E-state index in [0.29, 0.717) is 36.1 Å². The highest BCUT2D eigenvalue weighted by Gasteiger charge is 2.28. The molecule has 0 aliphatic carbocycles. The monoisotopic (exact) mass is 361 g/mol. The first-order valence-electron chi connectivity index (χ1n) is 7.99. The fraction of sp³-hybridized carbons (Fsp3) is 0.316. The predicted octanol–water partition coefficient (Wildman–Crippen LogP) is 3.11. The summed E-state index contributed by atoms with van der Waals surface area (Å²) in [6, 6.07) is 11.0. The zero-order valence-electron chi connectivity index (χ0n) is 14.2. The topological polar surface area (TPSA) is 56.8 Å². The number of carbonyl (C=O) groups excluding carboxylic acids is 1. The predicted molar refractivity (Wildman–Crippen MR) is 95.1 cm³/mol. The van der Waals surface area contributed by atoms with Crippen molar-refractivity contribution in [2.75, 3.05) is 14.2 Å². The van der Waals surface area contributed by atoms with Gasteiger partial charge in [0.05, 0.1) is 14.2 Å². The number of rotatable bonds is 5. The second kappa shape index (κ2) is 7.76. The van der Waals surface area contributed by atoms with Crippen LogP contribution in [-0.2, 0) is 29.1 Å². The summed E-state index contributed by atoms with van der Waals surface area (Å²) in [4.78, 5) is 11.9. The van der Waals surface area contributed by atoms with Crippen molar-refractivity contribution in [1.29, 1.82) is 0 Å². The maximum atomic E-state index is 11.9. The van der Waals surface area contributed by atoms with Crippen LogP contribution >= 0.6 is 11.6 Å². The lowest BCUT2D eigenvalue weighted by Gasteiger charge is -2.27. The Balaban J connectivity index is 1.88. The molecule has 25 heavy (non-hydrogen) atoms. The zero-order valence-corrected chi connectivity index (χ0v) is 14.9. The molecule has 6 heteroatoms. The van der Waals surface area contributed by atoms with Gasteiger partial charge in [0.25, 0.3) is 0 Å². The average Bonchev–Trinajstić information content (AvgIpc) is 2.64. The Kier molecular flexibility index (Phi) is 5.46. The molecule has 1 N–H and O–H groups in total. The SMILES string of the molecule is COC(=O)[C@@H]1Cc2c(ccc(OC)c2OCc2cccc(Cl)c2)CN1. The molecule has 0 bridgehead atoms. The highest BCUT2D eigenvalue weighted by Crippen LogP contribution is 2.37. The molecule has 0 spiro atoms. The Morgan fingerprint density at radius 1 is 1.28 bits per heavy atom. The average molecular weight is 362 g/mol. The number of ether oxygens (including phenoxy) is 3. The smallest absolute Gasteiger partial charge is 0.323 e. The van der Waals surface area contributed by atoms with E-state index < -0.39 is 6.04 Å². The third kappa shape index (κ3) is 3.89. The van der Waals surface area contributed by atoms with Crippen molar-refractivity contribution in [2.45, 2.75) is 25.6 Å². The zero-order chi connectivity index (χ0) is 17.8. The fourth-order valence-corrected chi connectivity index (χ4v) is 3.17. The molecule has 0 radical (unpaired) electrons. The van der Waals surface area contributed by atoms with E-state index in [9.17, 15) is 4.79 Å². The van der Waals surface area contributed by atoms with Crippen LogP contribution in [0.5, 0.6) is 11.5 Å². The van der Waals surface area contributed by atoms with E-state index in [2.05, 4.69) is 5.32 Å². The van der Waals surface area contributed by atoms with E-state index in [0.717, 1.165) is 16.7 Å². The minimum Gasteiger partial charge on any atom is -0.493 e. The first-order valence-corrected chi connectivity index (χ1v) is 8.37. The Labute approximate surface area is 151 Å². The Morgan fingerprint density at radius 2 is 2.12 bits per heavy atom.